The maximum atomic E-state index is 11.0. The van der Waals surface area contributed by atoms with Gasteiger partial charge in [0, 0.05) is 16.2 Å². The minimum absolute atomic E-state index is 0.0551. The van der Waals surface area contributed by atoms with Gasteiger partial charge >= 0.3 is 5.97 Å². The van der Waals surface area contributed by atoms with Crippen molar-refractivity contribution in [3.63, 3.8) is 0 Å². The number of carbonyl (C=O) groups is 1. The summed E-state index contributed by atoms with van der Waals surface area (Å²) in [5.41, 5.74) is 9.47. The average Bonchev–Trinajstić information content (AvgIpc) is 2.30. The highest BCUT2D eigenvalue weighted by molar-refractivity contribution is 5.72. The Bertz CT molecular complexity index is 508. The lowest BCUT2D eigenvalue weighted by molar-refractivity contribution is -0.141. The van der Waals surface area contributed by atoms with Crippen LogP contribution >= 0.6 is 0 Å². The van der Waals surface area contributed by atoms with Gasteiger partial charge in [0.2, 0.25) is 0 Å². The predicted molar refractivity (Wildman–Crippen MR) is 63.4 cm³/mol. The van der Waals surface area contributed by atoms with Crippen LogP contribution in [-0.2, 0) is 9.53 Å². The van der Waals surface area contributed by atoms with Crippen molar-refractivity contribution in [3.05, 3.63) is 40.3 Å². The van der Waals surface area contributed by atoms with Crippen LogP contribution in [-0.4, -0.2) is 12.6 Å². The summed E-state index contributed by atoms with van der Waals surface area (Å²) in [6.45, 7) is 2.10. The summed E-state index contributed by atoms with van der Waals surface area (Å²) in [6, 6.07) is 6.83. The molecule has 0 aromatic heterocycles. The summed E-state index contributed by atoms with van der Waals surface area (Å²) in [5, 5.41) is 3.46. The van der Waals surface area contributed by atoms with Gasteiger partial charge < -0.3 is 4.74 Å². The molecule has 0 aliphatic carbocycles. The lowest BCUT2D eigenvalue weighted by Crippen LogP contribution is -2.01. The van der Waals surface area contributed by atoms with Gasteiger partial charge in [0.25, 0.3) is 0 Å². The van der Waals surface area contributed by atoms with Crippen molar-refractivity contribution in [3.8, 4) is 11.8 Å². The molecule has 0 heterocycles. The van der Waals surface area contributed by atoms with E-state index < -0.39 is 0 Å². The molecular formula is C12H11N3O2. The molecule has 0 bridgehead atoms. The fourth-order valence-electron chi connectivity index (χ4n) is 1.13. The van der Waals surface area contributed by atoms with Gasteiger partial charge in [-0.3, -0.25) is 4.79 Å². The Balaban J connectivity index is 2.68. The Labute approximate surface area is 99.0 Å². The quantitative estimate of drug-likeness (QED) is 0.263. The molecule has 1 aromatic rings. The Hall–Kier alpha value is -2.44. The van der Waals surface area contributed by atoms with Gasteiger partial charge in [-0.1, -0.05) is 29.1 Å². The van der Waals surface area contributed by atoms with Crippen LogP contribution in [0.3, 0.4) is 0 Å². The summed E-state index contributed by atoms with van der Waals surface area (Å²) >= 11 is 0. The molecule has 0 amide bonds. The Morgan fingerprint density at radius 3 is 3.12 bits per heavy atom. The van der Waals surface area contributed by atoms with E-state index in [1.165, 1.54) is 0 Å². The first kappa shape index (κ1) is 12.6. The highest BCUT2D eigenvalue weighted by Crippen LogP contribution is 2.13. The normalized spacial score (nSPS) is 8.53. The van der Waals surface area contributed by atoms with Crippen molar-refractivity contribution >= 4 is 11.7 Å². The van der Waals surface area contributed by atoms with Gasteiger partial charge in [0.1, 0.15) is 6.42 Å². The van der Waals surface area contributed by atoms with Crippen LogP contribution in [0, 0.1) is 11.8 Å². The Morgan fingerprint density at radius 1 is 1.59 bits per heavy atom. The van der Waals surface area contributed by atoms with Crippen LogP contribution in [0.2, 0.25) is 0 Å². The van der Waals surface area contributed by atoms with Gasteiger partial charge in [0.05, 0.1) is 6.61 Å². The molecule has 0 N–H and O–H groups in total. The number of carbonyl (C=O) groups excluding carboxylic acids is 1. The maximum absolute atomic E-state index is 11.0. The van der Waals surface area contributed by atoms with E-state index in [9.17, 15) is 4.79 Å². The minimum atomic E-state index is -0.341. The molecular weight excluding hydrogens is 218 g/mol. The average molecular weight is 229 g/mol. The number of rotatable bonds is 3. The van der Waals surface area contributed by atoms with Crippen LogP contribution in [0.15, 0.2) is 29.4 Å². The van der Waals surface area contributed by atoms with Crippen molar-refractivity contribution in [2.24, 2.45) is 5.11 Å². The molecule has 17 heavy (non-hydrogen) atoms. The van der Waals surface area contributed by atoms with Crippen molar-refractivity contribution in [2.75, 3.05) is 6.61 Å². The van der Waals surface area contributed by atoms with Crippen LogP contribution in [0.1, 0.15) is 18.9 Å². The van der Waals surface area contributed by atoms with Gasteiger partial charge in [-0.15, -0.1) is 0 Å². The van der Waals surface area contributed by atoms with Crippen molar-refractivity contribution < 1.29 is 9.53 Å². The molecule has 5 heteroatoms. The van der Waals surface area contributed by atoms with E-state index in [4.69, 9.17) is 10.3 Å². The van der Waals surface area contributed by atoms with Crippen LogP contribution in [0.4, 0.5) is 5.69 Å². The van der Waals surface area contributed by atoms with E-state index in [2.05, 4.69) is 21.9 Å². The summed E-state index contributed by atoms with van der Waals surface area (Å²) < 4.78 is 4.73. The van der Waals surface area contributed by atoms with Crippen LogP contribution < -0.4 is 0 Å². The number of ether oxygens (including phenoxy) is 1. The fourth-order valence-corrected chi connectivity index (χ4v) is 1.13. The molecule has 0 aliphatic rings. The van der Waals surface area contributed by atoms with Crippen molar-refractivity contribution in [2.45, 2.75) is 13.3 Å². The number of hydrogen-bond acceptors (Lipinski definition) is 3. The SMILES string of the molecule is CCOC(=O)CC#Cc1cccc(N=[N+]=[N-])c1. The summed E-state index contributed by atoms with van der Waals surface area (Å²) in [4.78, 5) is 13.7. The summed E-state index contributed by atoms with van der Waals surface area (Å²) in [6.07, 6.45) is 0.0551. The second kappa shape index (κ2) is 6.94. The molecule has 1 aromatic carbocycles. The van der Waals surface area contributed by atoms with E-state index in [-0.39, 0.29) is 12.4 Å². The number of benzene rings is 1. The number of nitrogens with zero attached hydrogens (tertiary/aromatic N) is 3. The van der Waals surface area contributed by atoms with E-state index >= 15 is 0 Å². The first-order chi connectivity index (χ1) is 8.26. The lowest BCUT2D eigenvalue weighted by Gasteiger charge is -1.95. The van der Waals surface area contributed by atoms with Crippen molar-refractivity contribution in [1.29, 1.82) is 0 Å². The third kappa shape index (κ3) is 4.74. The van der Waals surface area contributed by atoms with Gasteiger partial charge in [0.15, 0.2) is 0 Å². The molecule has 0 aliphatic heterocycles. The lowest BCUT2D eigenvalue weighted by atomic mass is 10.2. The van der Waals surface area contributed by atoms with Crippen LogP contribution in [0.5, 0.6) is 0 Å². The molecule has 5 nitrogen and oxygen atoms in total. The number of hydrogen-bond donors (Lipinski definition) is 0. The third-order valence-electron chi connectivity index (χ3n) is 1.78. The second-order valence-corrected chi connectivity index (χ2v) is 3.02. The fraction of sp³-hybridized carbons (Fsp3) is 0.250. The largest absolute Gasteiger partial charge is 0.465 e. The Kier molecular flexibility index (Phi) is 5.15. The molecule has 0 radical (unpaired) electrons. The number of esters is 1. The molecule has 0 fully saturated rings. The van der Waals surface area contributed by atoms with E-state index in [1.54, 1.807) is 31.2 Å². The molecule has 1 rings (SSSR count). The molecule has 86 valence electrons. The maximum Gasteiger partial charge on any atom is 0.317 e. The van der Waals surface area contributed by atoms with Gasteiger partial charge in [-0.25, -0.2) is 0 Å². The first-order valence-electron chi connectivity index (χ1n) is 5.06. The van der Waals surface area contributed by atoms with E-state index in [0.29, 0.717) is 17.9 Å². The van der Waals surface area contributed by atoms with Gasteiger partial charge in [-0.2, -0.15) is 0 Å². The Morgan fingerprint density at radius 2 is 2.41 bits per heavy atom. The zero-order valence-electron chi connectivity index (χ0n) is 9.38. The number of azide groups is 1. The molecule has 0 unspecified atom stereocenters. The monoisotopic (exact) mass is 229 g/mol. The molecule has 0 spiro atoms. The summed E-state index contributed by atoms with van der Waals surface area (Å²) in [7, 11) is 0. The first-order valence-corrected chi connectivity index (χ1v) is 5.06. The van der Waals surface area contributed by atoms with Crippen molar-refractivity contribution in [1.82, 2.24) is 0 Å². The standard InChI is InChI=1S/C12H11N3O2/c1-2-17-12(16)8-4-6-10-5-3-7-11(9-10)14-15-13/h3,5,7,9H,2,8H2,1H3. The zero-order valence-corrected chi connectivity index (χ0v) is 9.38. The van der Waals surface area contributed by atoms with E-state index in [0.717, 1.165) is 0 Å². The van der Waals surface area contributed by atoms with Crippen LogP contribution in [0.25, 0.3) is 10.4 Å². The van der Waals surface area contributed by atoms with E-state index in [1.807, 2.05) is 0 Å². The third-order valence-corrected chi connectivity index (χ3v) is 1.78. The molecule has 0 saturated heterocycles. The van der Waals surface area contributed by atoms with Gasteiger partial charge in [-0.05, 0) is 24.6 Å². The second-order valence-electron chi connectivity index (χ2n) is 3.02. The molecule has 0 atom stereocenters. The summed E-state index contributed by atoms with van der Waals surface area (Å²) in [5.74, 6) is 5.15. The predicted octanol–water partition coefficient (Wildman–Crippen LogP) is 2.93. The highest BCUT2D eigenvalue weighted by Gasteiger charge is 1.96. The topological polar surface area (TPSA) is 75.1 Å². The molecule has 0 saturated carbocycles. The smallest absolute Gasteiger partial charge is 0.317 e. The minimum Gasteiger partial charge on any atom is -0.465 e. The highest BCUT2D eigenvalue weighted by atomic mass is 16.5. The zero-order chi connectivity index (χ0) is 12.5.